The summed E-state index contributed by atoms with van der Waals surface area (Å²) >= 11 is 6.15. The molecule has 0 saturated carbocycles. The largest absolute Gasteiger partial charge is 0.334 e. The van der Waals surface area contributed by atoms with Crippen LogP contribution in [0.25, 0.3) is 22.7 Å². The fourth-order valence-electron chi connectivity index (χ4n) is 3.38. The first-order valence-electron chi connectivity index (χ1n) is 9.91. The molecule has 2 aromatic carbocycles. The smallest absolute Gasteiger partial charge is 0.257 e. The molecule has 0 fully saturated rings. The lowest BCUT2D eigenvalue weighted by Gasteiger charge is -2.21. The lowest BCUT2D eigenvalue weighted by molar-refractivity contribution is -0.107. The predicted octanol–water partition coefficient (Wildman–Crippen LogP) is 5.00. The summed E-state index contributed by atoms with van der Waals surface area (Å²) in [5.74, 6) is 6.94. The minimum Gasteiger partial charge on any atom is -0.334 e. The Morgan fingerprint density at radius 1 is 1.26 bits per heavy atom. The highest BCUT2D eigenvalue weighted by Gasteiger charge is 2.15. The van der Waals surface area contributed by atoms with Crippen molar-refractivity contribution in [2.24, 2.45) is 5.84 Å². The van der Waals surface area contributed by atoms with Crippen molar-refractivity contribution < 1.29 is 9.32 Å². The summed E-state index contributed by atoms with van der Waals surface area (Å²) in [7, 11) is 0. The van der Waals surface area contributed by atoms with E-state index in [0.717, 1.165) is 39.8 Å². The number of aryl methyl sites for hydroxylation is 2. The molecule has 0 bridgehead atoms. The van der Waals surface area contributed by atoms with E-state index < -0.39 is 0 Å². The molecule has 6 nitrogen and oxygen atoms in total. The topological polar surface area (TPSA) is 85.2 Å². The zero-order valence-electron chi connectivity index (χ0n) is 17.9. The molecule has 0 spiro atoms. The van der Waals surface area contributed by atoms with Gasteiger partial charge in [-0.05, 0) is 67.8 Å². The van der Waals surface area contributed by atoms with Gasteiger partial charge in [-0.3, -0.25) is 0 Å². The van der Waals surface area contributed by atoms with Crippen LogP contribution in [0.4, 0.5) is 0 Å². The molecule has 1 heterocycles. The summed E-state index contributed by atoms with van der Waals surface area (Å²) < 4.78 is 5.47. The average molecular weight is 437 g/mol. The number of rotatable bonds is 8. The predicted molar refractivity (Wildman–Crippen MR) is 124 cm³/mol. The van der Waals surface area contributed by atoms with E-state index in [2.05, 4.69) is 16.7 Å². The molecule has 31 heavy (non-hydrogen) atoms. The zero-order chi connectivity index (χ0) is 22.5. The number of carbonyl (C=O) groups excluding carboxylic acids is 1. The number of hydrogen-bond donors (Lipinski definition) is 1. The van der Waals surface area contributed by atoms with E-state index in [4.69, 9.17) is 22.0 Å². The Kier molecular flexibility index (Phi) is 7.05. The maximum absolute atomic E-state index is 10.9. The lowest BCUT2D eigenvalue weighted by Crippen LogP contribution is -2.29. The second-order valence-electron chi connectivity index (χ2n) is 7.23. The van der Waals surface area contributed by atoms with Gasteiger partial charge in [-0.1, -0.05) is 35.5 Å². The zero-order valence-corrected chi connectivity index (χ0v) is 18.6. The van der Waals surface area contributed by atoms with Crippen LogP contribution in [0.2, 0.25) is 5.02 Å². The van der Waals surface area contributed by atoms with Crippen LogP contribution >= 0.6 is 11.6 Å². The van der Waals surface area contributed by atoms with Crippen LogP contribution in [0.1, 0.15) is 35.1 Å². The molecular weight excluding hydrogens is 412 g/mol. The number of benzene rings is 2. The summed E-state index contributed by atoms with van der Waals surface area (Å²) in [6, 6.07) is 11.3. The van der Waals surface area contributed by atoms with E-state index in [-0.39, 0.29) is 0 Å². The molecular formula is C24H25ClN4O2. The van der Waals surface area contributed by atoms with Crippen molar-refractivity contribution in [3.63, 3.8) is 0 Å². The Bertz CT molecular complexity index is 1130. The first-order chi connectivity index (χ1) is 14.8. The van der Waals surface area contributed by atoms with E-state index in [9.17, 15) is 4.79 Å². The Balaban J connectivity index is 1.94. The first-order valence-corrected chi connectivity index (χ1v) is 10.3. The van der Waals surface area contributed by atoms with Crippen molar-refractivity contribution in [1.82, 2.24) is 15.1 Å². The van der Waals surface area contributed by atoms with Crippen molar-refractivity contribution >= 4 is 29.2 Å². The number of carbonyl (C=O) groups is 1. The third-order valence-electron chi connectivity index (χ3n) is 5.02. The molecule has 1 aromatic heterocycles. The number of hydrogen-bond acceptors (Lipinski definition) is 6. The lowest BCUT2D eigenvalue weighted by atomic mass is 9.97. The van der Waals surface area contributed by atoms with Crippen LogP contribution in [0, 0.1) is 13.8 Å². The van der Waals surface area contributed by atoms with E-state index in [1.54, 1.807) is 17.2 Å². The fraction of sp³-hybridized carbons (Fsp3) is 0.208. The second kappa shape index (κ2) is 9.73. The minimum atomic E-state index is 0.298. The molecule has 0 aliphatic heterocycles. The van der Waals surface area contributed by atoms with Crippen molar-refractivity contribution in [2.45, 2.75) is 27.2 Å². The standard InChI is InChI=1S/C24H25ClN4O2/c1-5-29(26)22(18-7-6-8-20(25)14-18)13-17(4)24-27-23(28-31-24)19-11-15(2)21(9-10-30)16(3)12-19/h6-8,10-14H,4-5,9,26H2,1-3H3/b22-13-. The summed E-state index contributed by atoms with van der Waals surface area (Å²) in [5.41, 5.74) is 5.98. The van der Waals surface area contributed by atoms with Crippen LogP contribution < -0.4 is 5.84 Å². The summed E-state index contributed by atoms with van der Waals surface area (Å²) in [5, 5.41) is 6.33. The van der Waals surface area contributed by atoms with Crippen LogP contribution in [-0.2, 0) is 11.2 Å². The number of nitrogens with zero attached hydrogens (tertiary/aromatic N) is 3. The molecule has 0 unspecified atom stereocenters. The van der Waals surface area contributed by atoms with Gasteiger partial charge in [0.2, 0.25) is 5.82 Å². The monoisotopic (exact) mass is 436 g/mol. The molecule has 0 aliphatic rings. The average Bonchev–Trinajstić information content (AvgIpc) is 3.24. The molecule has 2 N–H and O–H groups in total. The van der Waals surface area contributed by atoms with E-state index in [0.29, 0.717) is 35.3 Å². The second-order valence-corrected chi connectivity index (χ2v) is 7.67. The number of hydrazine groups is 1. The van der Waals surface area contributed by atoms with Crippen molar-refractivity contribution in [2.75, 3.05) is 6.54 Å². The Hall–Kier alpha value is -3.22. The van der Waals surface area contributed by atoms with Crippen molar-refractivity contribution in [1.29, 1.82) is 0 Å². The summed E-state index contributed by atoms with van der Waals surface area (Å²) in [4.78, 5) is 15.4. The molecule has 0 aliphatic carbocycles. The Labute approximate surface area is 187 Å². The molecule has 0 amide bonds. The molecule has 0 radical (unpaired) electrons. The van der Waals surface area contributed by atoms with Crippen LogP contribution in [0.5, 0.6) is 0 Å². The highest BCUT2D eigenvalue weighted by Crippen LogP contribution is 2.27. The van der Waals surface area contributed by atoms with Gasteiger partial charge in [0.25, 0.3) is 5.89 Å². The van der Waals surface area contributed by atoms with Crippen molar-refractivity contribution in [3.05, 3.63) is 82.2 Å². The van der Waals surface area contributed by atoms with E-state index in [1.165, 1.54) is 0 Å². The van der Waals surface area contributed by atoms with Gasteiger partial charge < -0.3 is 14.3 Å². The van der Waals surface area contributed by atoms with Gasteiger partial charge in [0.05, 0.1) is 5.70 Å². The number of nitrogens with two attached hydrogens (primary N) is 1. The van der Waals surface area contributed by atoms with Crippen molar-refractivity contribution in [3.8, 4) is 11.4 Å². The van der Waals surface area contributed by atoms with Gasteiger partial charge >= 0.3 is 0 Å². The maximum Gasteiger partial charge on any atom is 0.257 e. The van der Waals surface area contributed by atoms with Gasteiger partial charge in [-0.2, -0.15) is 4.98 Å². The highest BCUT2D eigenvalue weighted by molar-refractivity contribution is 6.30. The maximum atomic E-state index is 10.9. The van der Waals surface area contributed by atoms with Gasteiger partial charge in [-0.25, -0.2) is 5.84 Å². The van der Waals surface area contributed by atoms with E-state index in [1.807, 2.05) is 51.1 Å². The number of aldehydes is 1. The quantitative estimate of drug-likeness (QED) is 0.231. The minimum absolute atomic E-state index is 0.298. The highest BCUT2D eigenvalue weighted by atomic mass is 35.5. The van der Waals surface area contributed by atoms with Gasteiger partial charge in [-0.15, -0.1) is 0 Å². The molecule has 160 valence electrons. The first kappa shape index (κ1) is 22.5. The van der Waals surface area contributed by atoms with Gasteiger partial charge in [0.1, 0.15) is 6.29 Å². The number of allylic oxidation sites excluding steroid dienone is 2. The Morgan fingerprint density at radius 3 is 2.58 bits per heavy atom. The van der Waals surface area contributed by atoms with Crippen LogP contribution in [0.15, 0.2) is 53.6 Å². The summed E-state index contributed by atoms with van der Waals surface area (Å²) in [6.07, 6.45) is 3.10. The third kappa shape index (κ3) is 5.10. The van der Waals surface area contributed by atoms with E-state index >= 15 is 0 Å². The number of halogens is 1. The molecule has 0 atom stereocenters. The normalized spacial score (nSPS) is 11.5. The third-order valence-corrected chi connectivity index (χ3v) is 5.26. The SMILES string of the molecule is C=C(/C=C(/c1cccc(Cl)c1)N(N)CC)c1nc(-c2cc(C)c(CC=O)c(C)c2)no1. The van der Waals surface area contributed by atoms with Crippen LogP contribution in [0.3, 0.4) is 0 Å². The molecule has 3 aromatic rings. The fourth-order valence-corrected chi connectivity index (χ4v) is 3.57. The van der Waals surface area contributed by atoms with Gasteiger partial charge in [0, 0.05) is 34.7 Å². The van der Waals surface area contributed by atoms with Gasteiger partial charge in [0.15, 0.2) is 0 Å². The Morgan fingerprint density at radius 2 is 1.97 bits per heavy atom. The summed E-state index contributed by atoms with van der Waals surface area (Å²) in [6.45, 7) is 10.6. The molecule has 7 heteroatoms. The number of aromatic nitrogens is 2. The molecule has 3 rings (SSSR count). The molecule has 0 saturated heterocycles. The van der Waals surface area contributed by atoms with Crippen LogP contribution in [-0.4, -0.2) is 28.0 Å².